The molecule has 0 unspecified atom stereocenters. The van der Waals surface area contributed by atoms with E-state index in [1.165, 1.54) is 17.2 Å². The molecule has 3 rings (SSSR count). The highest BCUT2D eigenvalue weighted by Gasteiger charge is 2.11. The smallest absolute Gasteiger partial charge is 0.141 e. The van der Waals surface area contributed by atoms with Crippen LogP contribution >= 0.6 is 11.6 Å². The second-order valence-corrected chi connectivity index (χ2v) is 5.30. The van der Waals surface area contributed by atoms with Gasteiger partial charge in [0, 0.05) is 19.5 Å². The monoisotopic (exact) mass is 291 g/mol. The zero-order valence-electron chi connectivity index (χ0n) is 11.0. The molecule has 2 aromatic rings. The van der Waals surface area contributed by atoms with Gasteiger partial charge >= 0.3 is 0 Å². The standard InChI is InChI=1S/C16H15ClFNO/c17-14-8-12(1-3-15(14)18)10-19-9-11-2-4-16-13(7-11)5-6-20-16/h1-4,7-8,19H,5-6,9-10H2. The highest BCUT2D eigenvalue weighted by atomic mass is 35.5. The minimum atomic E-state index is -0.381. The Bertz CT molecular complexity index is 630. The first-order valence-corrected chi connectivity index (χ1v) is 6.99. The van der Waals surface area contributed by atoms with Gasteiger partial charge in [-0.25, -0.2) is 4.39 Å². The van der Waals surface area contributed by atoms with Crippen molar-refractivity contribution in [2.75, 3.05) is 6.61 Å². The lowest BCUT2D eigenvalue weighted by molar-refractivity contribution is 0.357. The van der Waals surface area contributed by atoms with Gasteiger partial charge in [0.2, 0.25) is 0 Å². The summed E-state index contributed by atoms with van der Waals surface area (Å²) < 4.78 is 18.5. The van der Waals surface area contributed by atoms with Crippen LogP contribution in [0.25, 0.3) is 0 Å². The molecule has 1 N–H and O–H groups in total. The van der Waals surface area contributed by atoms with E-state index in [4.69, 9.17) is 16.3 Å². The molecular weight excluding hydrogens is 277 g/mol. The van der Waals surface area contributed by atoms with E-state index in [1.807, 2.05) is 6.07 Å². The lowest BCUT2D eigenvalue weighted by Crippen LogP contribution is -2.12. The molecule has 0 aromatic heterocycles. The van der Waals surface area contributed by atoms with Crippen LogP contribution in [0.5, 0.6) is 5.75 Å². The van der Waals surface area contributed by atoms with Crippen LogP contribution in [0.3, 0.4) is 0 Å². The number of ether oxygens (including phenoxy) is 1. The molecule has 0 radical (unpaired) electrons. The first kappa shape index (κ1) is 13.4. The average Bonchev–Trinajstić information content (AvgIpc) is 2.90. The molecule has 0 saturated heterocycles. The highest BCUT2D eigenvalue weighted by molar-refractivity contribution is 6.30. The van der Waals surface area contributed by atoms with Crippen molar-refractivity contribution in [1.29, 1.82) is 0 Å². The Morgan fingerprint density at radius 1 is 1.10 bits per heavy atom. The average molecular weight is 292 g/mol. The minimum Gasteiger partial charge on any atom is -0.493 e. The second-order valence-electron chi connectivity index (χ2n) is 4.89. The summed E-state index contributed by atoms with van der Waals surface area (Å²) in [6.45, 7) is 2.20. The van der Waals surface area contributed by atoms with E-state index in [-0.39, 0.29) is 10.8 Å². The summed E-state index contributed by atoms with van der Waals surface area (Å²) in [6, 6.07) is 11.0. The Labute approximate surface area is 122 Å². The molecule has 0 spiro atoms. The van der Waals surface area contributed by atoms with E-state index in [2.05, 4.69) is 17.4 Å². The number of nitrogens with one attached hydrogen (secondary N) is 1. The molecule has 104 valence electrons. The van der Waals surface area contributed by atoms with Crippen LogP contribution in [0.2, 0.25) is 5.02 Å². The van der Waals surface area contributed by atoms with Crippen molar-refractivity contribution < 1.29 is 9.13 Å². The van der Waals surface area contributed by atoms with Crippen LogP contribution in [0.15, 0.2) is 36.4 Å². The van der Waals surface area contributed by atoms with Gasteiger partial charge in [-0.1, -0.05) is 29.8 Å². The van der Waals surface area contributed by atoms with Crippen molar-refractivity contribution in [2.45, 2.75) is 19.5 Å². The predicted octanol–water partition coefficient (Wildman–Crippen LogP) is 3.70. The maximum atomic E-state index is 13.0. The molecule has 0 saturated carbocycles. The fourth-order valence-corrected chi connectivity index (χ4v) is 2.55. The van der Waals surface area contributed by atoms with Crippen molar-refractivity contribution >= 4 is 11.6 Å². The van der Waals surface area contributed by atoms with E-state index < -0.39 is 0 Å². The lowest BCUT2D eigenvalue weighted by Gasteiger charge is -2.07. The van der Waals surface area contributed by atoms with Crippen molar-refractivity contribution in [2.24, 2.45) is 0 Å². The third-order valence-corrected chi connectivity index (χ3v) is 3.69. The van der Waals surface area contributed by atoms with Gasteiger partial charge in [-0.2, -0.15) is 0 Å². The maximum Gasteiger partial charge on any atom is 0.141 e. The minimum absolute atomic E-state index is 0.166. The van der Waals surface area contributed by atoms with Crippen molar-refractivity contribution in [3.05, 3.63) is 63.9 Å². The van der Waals surface area contributed by atoms with Gasteiger partial charge in [0.1, 0.15) is 11.6 Å². The van der Waals surface area contributed by atoms with Gasteiger partial charge in [-0.15, -0.1) is 0 Å². The van der Waals surface area contributed by atoms with Crippen LogP contribution in [0, 0.1) is 5.82 Å². The molecule has 1 heterocycles. The van der Waals surface area contributed by atoms with Gasteiger partial charge in [0.05, 0.1) is 11.6 Å². The fourth-order valence-electron chi connectivity index (χ4n) is 2.35. The number of hydrogen-bond donors (Lipinski definition) is 1. The van der Waals surface area contributed by atoms with Crippen molar-refractivity contribution in [3.8, 4) is 5.75 Å². The zero-order valence-corrected chi connectivity index (χ0v) is 11.7. The Morgan fingerprint density at radius 2 is 1.85 bits per heavy atom. The van der Waals surface area contributed by atoms with Crippen LogP contribution < -0.4 is 10.1 Å². The first-order valence-electron chi connectivity index (χ1n) is 6.61. The van der Waals surface area contributed by atoms with E-state index in [1.54, 1.807) is 12.1 Å². The van der Waals surface area contributed by atoms with Crippen LogP contribution in [0.4, 0.5) is 4.39 Å². The van der Waals surface area contributed by atoms with Crippen molar-refractivity contribution in [1.82, 2.24) is 5.32 Å². The molecule has 2 aromatic carbocycles. The summed E-state index contributed by atoms with van der Waals surface area (Å²) in [4.78, 5) is 0. The third kappa shape index (κ3) is 2.94. The fraction of sp³-hybridized carbons (Fsp3) is 0.250. The number of halogens is 2. The van der Waals surface area contributed by atoms with Gasteiger partial charge in [0.15, 0.2) is 0 Å². The van der Waals surface area contributed by atoms with Gasteiger partial charge in [0.25, 0.3) is 0 Å². The molecule has 20 heavy (non-hydrogen) atoms. The van der Waals surface area contributed by atoms with E-state index in [0.717, 1.165) is 30.9 Å². The van der Waals surface area contributed by atoms with Crippen LogP contribution in [-0.4, -0.2) is 6.61 Å². The number of rotatable bonds is 4. The Balaban J connectivity index is 1.58. The zero-order chi connectivity index (χ0) is 13.9. The summed E-state index contributed by atoms with van der Waals surface area (Å²) in [5.41, 5.74) is 3.47. The van der Waals surface area contributed by atoms with E-state index >= 15 is 0 Å². The van der Waals surface area contributed by atoms with Crippen LogP contribution in [-0.2, 0) is 19.5 Å². The van der Waals surface area contributed by atoms with Crippen molar-refractivity contribution in [3.63, 3.8) is 0 Å². The Hall–Kier alpha value is -1.58. The molecule has 0 aliphatic carbocycles. The predicted molar refractivity (Wildman–Crippen MR) is 77.6 cm³/mol. The highest BCUT2D eigenvalue weighted by Crippen LogP contribution is 2.25. The number of hydrogen-bond acceptors (Lipinski definition) is 2. The van der Waals surface area contributed by atoms with Gasteiger partial charge in [-0.3, -0.25) is 0 Å². The summed E-state index contributed by atoms with van der Waals surface area (Å²) in [6.07, 6.45) is 0.983. The number of fused-ring (bicyclic) bond motifs is 1. The number of benzene rings is 2. The first-order chi connectivity index (χ1) is 9.72. The maximum absolute atomic E-state index is 13.0. The van der Waals surface area contributed by atoms with Gasteiger partial charge < -0.3 is 10.1 Å². The molecule has 0 amide bonds. The SMILES string of the molecule is Fc1ccc(CNCc2ccc3c(c2)CCO3)cc1Cl. The normalized spacial score (nSPS) is 13.1. The molecule has 4 heteroatoms. The summed E-state index contributed by atoms with van der Waals surface area (Å²) in [7, 11) is 0. The molecule has 0 fully saturated rings. The molecule has 2 nitrogen and oxygen atoms in total. The lowest BCUT2D eigenvalue weighted by atomic mass is 10.1. The summed E-state index contributed by atoms with van der Waals surface area (Å²) in [5, 5.41) is 3.50. The van der Waals surface area contributed by atoms with Gasteiger partial charge in [-0.05, 0) is 34.9 Å². The topological polar surface area (TPSA) is 21.3 Å². The molecule has 0 atom stereocenters. The Morgan fingerprint density at radius 3 is 2.65 bits per heavy atom. The second kappa shape index (κ2) is 5.81. The molecule has 1 aliphatic rings. The third-order valence-electron chi connectivity index (χ3n) is 3.40. The van der Waals surface area contributed by atoms with E-state index in [9.17, 15) is 4.39 Å². The molecular formula is C16H15ClFNO. The summed E-state index contributed by atoms with van der Waals surface area (Å²) in [5.74, 6) is 0.619. The Kier molecular flexibility index (Phi) is 3.90. The quantitative estimate of drug-likeness (QED) is 0.927. The largest absolute Gasteiger partial charge is 0.493 e. The van der Waals surface area contributed by atoms with E-state index in [0.29, 0.717) is 6.54 Å². The molecule has 1 aliphatic heterocycles. The molecule has 0 bridgehead atoms. The summed E-state index contributed by atoms with van der Waals surface area (Å²) >= 11 is 5.76. The van der Waals surface area contributed by atoms with Crippen LogP contribution in [0.1, 0.15) is 16.7 Å².